The molecule has 0 fully saturated rings. The van der Waals surface area contributed by atoms with Gasteiger partial charge in [0.2, 0.25) is 0 Å². The molecule has 60 valence electrons. The van der Waals surface area contributed by atoms with Crippen molar-refractivity contribution in [3.8, 4) is 0 Å². The van der Waals surface area contributed by atoms with Crippen LogP contribution in [0, 0.1) is 3.57 Å². The molecule has 0 saturated carbocycles. The van der Waals surface area contributed by atoms with Gasteiger partial charge in [0, 0.05) is 3.57 Å². The van der Waals surface area contributed by atoms with E-state index in [9.17, 15) is 0 Å². The maximum atomic E-state index is 8.91. The molecule has 2 N–H and O–H groups in total. The van der Waals surface area contributed by atoms with E-state index in [1.807, 2.05) is 18.2 Å². The Balaban J connectivity index is 3.13. The lowest BCUT2D eigenvalue weighted by molar-refractivity contribution is 0.259. The van der Waals surface area contributed by atoms with Crippen molar-refractivity contribution in [2.45, 2.75) is 13.2 Å². The molecular formula is C8H9IO2. The summed E-state index contributed by atoms with van der Waals surface area (Å²) in [7, 11) is 0. The lowest BCUT2D eigenvalue weighted by Crippen LogP contribution is -1.96. The van der Waals surface area contributed by atoms with Gasteiger partial charge in [-0.15, -0.1) is 0 Å². The van der Waals surface area contributed by atoms with Gasteiger partial charge in [-0.1, -0.05) is 12.1 Å². The molecule has 2 nitrogen and oxygen atoms in total. The predicted octanol–water partition coefficient (Wildman–Crippen LogP) is 1.28. The molecule has 0 aliphatic carbocycles. The van der Waals surface area contributed by atoms with Gasteiger partial charge in [-0.3, -0.25) is 0 Å². The maximum Gasteiger partial charge on any atom is 0.0695 e. The molecule has 0 saturated heterocycles. The first-order chi connectivity index (χ1) is 5.29. The lowest BCUT2D eigenvalue weighted by atomic mass is 10.1. The van der Waals surface area contributed by atoms with E-state index in [2.05, 4.69) is 22.6 Å². The van der Waals surface area contributed by atoms with Crippen molar-refractivity contribution in [1.82, 2.24) is 0 Å². The summed E-state index contributed by atoms with van der Waals surface area (Å²) in [5.74, 6) is 0. The van der Waals surface area contributed by atoms with Crippen molar-refractivity contribution in [1.29, 1.82) is 0 Å². The molecule has 1 aromatic carbocycles. The number of rotatable bonds is 2. The highest BCUT2D eigenvalue weighted by Gasteiger charge is 2.02. The zero-order valence-corrected chi connectivity index (χ0v) is 8.08. The van der Waals surface area contributed by atoms with E-state index in [0.717, 1.165) is 14.7 Å². The van der Waals surface area contributed by atoms with Crippen molar-refractivity contribution < 1.29 is 10.2 Å². The summed E-state index contributed by atoms with van der Waals surface area (Å²) in [6.45, 7) is -0.0122. The first kappa shape index (κ1) is 8.96. The van der Waals surface area contributed by atoms with Crippen LogP contribution in [-0.4, -0.2) is 10.2 Å². The molecule has 0 amide bonds. The highest BCUT2D eigenvalue weighted by atomic mass is 127. The highest BCUT2D eigenvalue weighted by Crippen LogP contribution is 2.16. The van der Waals surface area contributed by atoms with Crippen LogP contribution in [0.3, 0.4) is 0 Å². The molecule has 1 rings (SSSR count). The summed E-state index contributed by atoms with van der Waals surface area (Å²) in [5, 5.41) is 17.8. The van der Waals surface area contributed by atoms with Gasteiger partial charge in [-0.05, 0) is 39.8 Å². The molecule has 0 aromatic heterocycles. The Labute approximate surface area is 79.0 Å². The first-order valence-corrected chi connectivity index (χ1v) is 4.35. The predicted molar refractivity (Wildman–Crippen MR) is 51.0 cm³/mol. The second kappa shape index (κ2) is 4.04. The van der Waals surface area contributed by atoms with Gasteiger partial charge < -0.3 is 10.2 Å². The molecule has 0 unspecified atom stereocenters. The van der Waals surface area contributed by atoms with Crippen LogP contribution in [0.4, 0.5) is 0 Å². The van der Waals surface area contributed by atoms with Crippen LogP contribution in [0.5, 0.6) is 0 Å². The Hall–Kier alpha value is -0.130. The zero-order valence-electron chi connectivity index (χ0n) is 5.92. The average Bonchev–Trinajstić information content (AvgIpc) is 2.04. The molecular weight excluding hydrogens is 255 g/mol. The Kier molecular flexibility index (Phi) is 3.29. The Morgan fingerprint density at radius 3 is 2.36 bits per heavy atom. The van der Waals surface area contributed by atoms with E-state index in [0.29, 0.717) is 0 Å². The van der Waals surface area contributed by atoms with E-state index >= 15 is 0 Å². The third kappa shape index (κ3) is 1.91. The number of aliphatic hydroxyl groups is 2. The van der Waals surface area contributed by atoms with Gasteiger partial charge in [-0.25, -0.2) is 0 Å². The van der Waals surface area contributed by atoms with Crippen molar-refractivity contribution in [3.63, 3.8) is 0 Å². The standard InChI is InChI=1S/C8H9IO2/c9-8-3-1-2-6(4-10)7(8)5-11/h1-3,10-11H,4-5H2. The van der Waals surface area contributed by atoms with E-state index in [1.165, 1.54) is 0 Å². The highest BCUT2D eigenvalue weighted by molar-refractivity contribution is 14.1. The van der Waals surface area contributed by atoms with Crippen LogP contribution in [0.15, 0.2) is 18.2 Å². The number of halogens is 1. The molecule has 3 heteroatoms. The molecule has 11 heavy (non-hydrogen) atoms. The summed E-state index contributed by atoms with van der Waals surface area (Å²) in [4.78, 5) is 0. The molecule has 0 atom stereocenters. The fourth-order valence-electron chi connectivity index (χ4n) is 0.929. The Morgan fingerprint density at radius 2 is 1.91 bits per heavy atom. The van der Waals surface area contributed by atoms with Crippen molar-refractivity contribution >= 4 is 22.6 Å². The van der Waals surface area contributed by atoms with Crippen LogP contribution >= 0.6 is 22.6 Å². The number of hydrogen-bond donors (Lipinski definition) is 2. The quantitative estimate of drug-likeness (QED) is 0.790. The molecule has 0 aliphatic heterocycles. The minimum atomic E-state index is -0.00721. The summed E-state index contributed by atoms with van der Waals surface area (Å²) in [6, 6.07) is 5.59. The van der Waals surface area contributed by atoms with Crippen LogP contribution in [-0.2, 0) is 13.2 Å². The van der Waals surface area contributed by atoms with Gasteiger partial charge in [0.1, 0.15) is 0 Å². The molecule has 1 aromatic rings. The SMILES string of the molecule is OCc1cccc(I)c1CO. The van der Waals surface area contributed by atoms with Crippen molar-refractivity contribution in [3.05, 3.63) is 32.9 Å². The summed E-state index contributed by atoms with van der Waals surface area (Å²) < 4.78 is 0.997. The monoisotopic (exact) mass is 264 g/mol. The first-order valence-electron chi connectivity index (χ1n) is 3.27. The lowest BCUT2D eigenvalue weighted by Gasteiger charge is -2.05. The third-order valence-corrected chi connectivity index (χ3v) is 2.55. The van der Waals surface area contributed by atoms with Gasteiger partial charge >= 0.3 is 0 Å². The summed E-state index contributed by atoms with van der Waals surface area (Å²) >= 11 is 2.14. The molecule has 0 bridgehead atoms. The summed E-state index contributed by atoms with van der Waals surface area (Å²) in [5.41, 5.74) is 1.63. The number of benzene rings is 1. The number of hydrogen-bond acceptors (Lipinski definition) is 2. The zero-order chi connectivity index (χ0) is 8.27. The summed E-state index contributed by atoms with van der Waals surface area (Å²) in [6.07, 6.45) is 0. The van der Waals surface area contributed by atoms with Crippen LogP contribution in [0.1, 0.15) is 11.1 Å². The third-order valence-electron chi connectivity index (χ3n) is 1.54. The van der Waals surface area contributed by atoms with Crippen LogP contribution in [0.25, 0.3) is 0 Å². The molecule has 0 aliphatic rings. The molecule has 0 heterocycles. The Bertz CT molecular complexity index is 248. The topological polar surface area (TPSA) is 40.5 Å². The van der Waals surface area contributed by atoms with E-state index in [4.69, 9.17) is 10.2 Å². The van der Waals surface area contributed by atoms with Gasteiger partial charge in [0.15, 0.2) is 0 Å². The van der Waals surface area contributed by atoms with Gasteiger partial charge in [0.25, 0.3) is 0 Å². The number of aliphatic hydroxyl groups excluding tert-OH is 2. The Morgan fingerprint density at radius 1 is 1.18 bits per heavy atom. The molecule has 0 spiro atoms. The van der Waals surface area contributed by atoms with E-state index in [1.54, 1.807) is 0 Å². The van der Waals surface area contributed by atoms with Gasteiger partial charge in [-0.2, -0.15) is 0 Å². The fourth-order valence-corrected chi connectivity index (χ4v) is 1.65. The average molecular weight is 264 g/mol. The van der Waals surface area contributed by atoms with Crippen molar-refractivity contribution in [2.24, 2.45) is 0 Å². The van der Waals surface area contributed by atoms with E-state index < -0.39 is 0 Å². The smallest absolute Gasteiger partial charge is 0.0695 e. The maximum absolute atomic E-state index is 8.91. The largest absolute Gasteiger partial charge is 0.392 e. The normalized spacial score (nSPS) is 10.1. The second-order valence-corrected chi connectivity index (χ2v) is 3.36. The second-order valence-electron chi connectivity index (χ2n) is 2.19. The van der Waals surface area contributed by atoms with Crippen LogP contribution in [0.2, 0.25) is 0 Å². The van der Waals surface area contributed by atoms with E-state index in [-0.39, 0.29) is 13.2 Å². The fraction of sp³-hybridized carbons (Fsp3) is 0.250. The minimum Gasteiger partial charge on any atom is -0.392 e. The molecule has 0 radical (unpaired) electrons. The van der Waals surface area contributed by atoms with Crippen LogP contribution < -0.4 is 0 Å². The van der Waals surface area contributed by atoms with Crippen molar-refractivity contribution in [2.75, 3.05) is 0 Å². The van der Waals surface area contributed by atoms with Gasteiger partial charge in [0.05, 0.1) is 13.2 Å². The minimum absolute atomic E-state index is 0.00495.